The second kappa shape index (κ2) is 5.83. The van der Waals surface area contributed by atoms with Crippen molar-refractivity contribution in [2.75, 3.05) is 5.32 Å². The maximum Gasteiger partial charge on any atom is 0.358 e. The molecule has 0 saturated heterocycles. The molecule has 20 heavy (non-hydrogen) atoms. The van der Waals surface area contributed by atoms with Crippen molar-refractivity contribution in [3.05, 3.63) is 40.5 Å². The highest BCUT2D eigenvalue weighted by Gasteiger charge is 2.18. The number of aromatic nitrogens is 3. The Bertz CT molecular complexity index is 668. The van der Waals surface area contributed by atoms with Crippen molar-refractivity contribution in [1.82, 2.24) is 14.5 Å². The number of carboxylic acid groups (broad SMARTS) is 1. The number of nitrogens with zero attached hydrogens (tertiary/aromatic N) is 3. The lowest BCUT2D eigenvalue weighted by Gasteiger charge is -2.08. The predicted octanol–water partition coefficient (Wildman–Crippen LogP) is 2.01. The molecule has 2 aromatic rings. The molecule has 0 aromatic carbocycles. The van der Waals surface area contributed by atoms with Crippen LogP contribution in [0.1, 0.15) is 27.9 Å². The molecule has 2 N–H and O–H groups in total. The smallest absolute Gasteiger partial charge is 0.358 e. The number of aryl methyl sites for hydroxylation is 1. The van der Waals surface area contributed by atoms with E-state index in [-0.39, 0.29) is 11.5 Å². The normalized spacial score (nSPS) is 10.3. The second-order valence-corrected chi connectivity index (χ2v) is 4.76. The molecule has 0 aliphatic rings. The maximum atomic E-state index is 12.2. The largest absolute Gasteiger partial charge is 0.476 e. The van der Waals surface area contributed by atoms with Gasteiger partial charge in [-0.3, -0.25) is 4.79 Å². The molecule has 0 spiro atoms. The van der Waals surface area contributed by atoms with Crippen LogP contribution in [0.3, 0.4) is 0 Å². The van der Waals surface area contributed by atoms with Crippen molar-refractivity contribution in [2.24, 2.45) is 0 Å². The Labute approximate surface area is 122 Å². The van der Waals surface area contributed by atoms with E-state index in [1.807, 2.05) is 6.92 Å². The summed E-state index contributed by atoms with van der Waals surface area (Å²) in [6.45, 7) is 2.51. The molecule has 2 heterocycles. The lowest BCUT2D eigenvalue weighted by Crippen LogP contribution is -2.19. The van der Waals surface area contributed by atoms with E-state index in [1.165, 1.54) is 12.4 Å². The quantitative estimate of drug-likeness (QED) is 0.888. The van der Waals surface area contributed by atoms with Crippen LogP contribution in [0.25, 0.3) is 0 Å². The van der Waals surface area contributed by atoms with Gasteiger partial charge < -0.3 is 15.0 Å². The zero-order chi connectivity index (χ0) is 14.7. The van der Waals surface area contributed by atoms with Crippen LogP contribution in [-0.4, -0.2) is 31.5 Å². The van der Waals surface area contributed by atoms with E-state index in [0.717, 1.165) is 4.47 Å². The monoisotopic (exact) mass is 338 g/mol. The highest BCUT2D eigenvalue weighted by Crippen LogP contribution is 2.17. The van der Waals surface area contributed by atoms with Gasteiger partial charge in [0.2, 0.25) is 0 Å². The highest BCUT2D eigenvalue weighted by molar-refractivity contribution is 9.10. The molecule has 8 heteroatoms. The third kappa shape index (κ3) is 2.85. The lowest BCUT2D eigenvalue weighted by molar-refractivity contribution is 0.0691. The fraction of sp³-hybridized carbons (Fsp3) is 0.167. The Morgan fingerprint density at radius 1 is 1.40 bits per heavy atom. The summed E-state index contributed by atoms with van der Waals surface area (Å²) >= 11 is 3.29. The average molecular weight is 339 g/mol. The number of hydrogen-bond acceptors (Lipinski definition) is 4. The minimum Gasteiger partial charge on any atom is -0.476 e. The van der Waals surface area contributed by atoms with Crippen molar-refractivity contribution >= 4 is 33.6 Å². The number of carbonyl (C=O) groups excluding carboxylic acids is 1. The summed E-state index contributed by atoms with van der Waals surface area (Å²) in [7, 11) is 0. The first kappa shape index (κ1) is 14.2. The molecule has 0 aliphatic heterocycles. The van der Waals surface area contributed by atoms with E-state index < -0.39 is 11.9 Å². The number of hydrogen-bond donors (Lipinski definition) is 2. The summed E-state index contributed by atoms with van der Waals surface area (Å²) in [6.07, 6.45) is 4.34. The average Bonchev–Trinajstić information content (AvgIpc) is 2.80. The van der Waals surface area contributed by atoms with Gasteiger partial charge in [-0.25, -0.2) is 14.8 Å². The first-order valence-corrected chi connectivity index (χ1v) is 6.53. The topological polar surface area (TPSA) is 97.1 Å². The minimum atomic E-state index is -1.25. The molecule has 2 aromatic heterocycles. The van der Waals surface area contributed by atoms with Crippen LogP contribution in [0.5, 0.6) is 0 Å². The molecule has 0 fully saturated rings. The van der Waals surface area contributed by atoms with Crippen molar-refractivity contribution in [1.29, 1.82) is 0 Å². The van der Waals surface area contributed by atoms with E-state index in [1.54, 1.807) is 16.8 Å². The third-order valence-electron chi connectivity index (χ3n) is 2.57. The summed E-state index contributed by atoms with van der Waals surface area (Å²) in [4.78, 5) is 30.7. The molecule has 1 amide bonds. The van der Waals surface area contributed by atoms with E-state index >= 15 is 0 Å². The predicted molar refractivity (Wildman–Crippen MR) is 74.8 cm³/mol. The van der Waals surface area contributed by atoms with E-state index in [9.17, 15) is 9.59 Å². The van der Waals surface area contributed by atoms with Gasteiger partial charge in [-0.2, -0.15) is 0 Å². The van der Waals surface area contributed by atoms with Crippen LogP contribution in [0, 0.1) is 0 Å². The number of carbonyl (C=O) groups is 2. The van der Waals surface area contributed by atoms with Crippen molar-refractivity contribution < 1.29 is 14.7 Å². The first-order chi connectivity index (χ1) is 9.52. The highest BCUT2D eigenvalue weighted by atomic mass is 79.9. The van der Waals surface area contributed by atoms with Gasteiger partial charge in [-0.05, 0) is 28.9 Å². The Balaban J connectivity index is 2.30. The number of aromatic carboxylic acids is 1. The summed E-state index contributed by atoms with van der Waals surface area (Å²) in [6, 6.07) is 1.65. The second-order valence-electron chi connectivity index (χ2n) is 3.84. The Morgan fingerprint density at radius 3 is 2.75 bits per heavy atom. The molecule has 0 unspecified atom stereocenters. The standard InChI is InChI=1S/C12H11BrN4O3/c1-2-17-6-7(13)5-8(17)11(18)16-10-9(12(19)20)14-3-4-15-10/h3-6H,2H2,1H3,(H,19,20)(H,15,16,18). The van der Waals surface area contributed by atoms with Gasteiger partial charge >= 0.3 is 5.97 Å². The first-order valence-electron chi connectivity index (χ1n) is 5.74. The zero-order valence-electron chi connectivity index (χ0n) is 10.5. The van der Waals surface area contributed by atoms with Crippen molar-refractivity contribution in [3.8, 4) is 0 Å². The summed E-state index contributed by atoms with van der Waals surface area (Å²) in [5, 5.41) is 11.4. The summed E-state index contributed by atoms with van der Waals surface area (Å²) < 4.78 is 2.50. The van der Waals surface area contributed by atoms with E-state index in [2.05, 4.69) is 31.2 Å². The number of rotatable bonds is 4. The molecule has 0 saturated carbocycles. The minimum absolute atomic E-state index is 0.0787. The molecule has 104 valence electrons. The zero-order valence-corrected chi connectivity index (χ0v) is 12.1. The van der Waals surface area contributed by atoms with Gasteiger partial charge in [0.25, 0.3) is 5.91 Å². The number of amides is 1. The molecular weight excluding hydrogens is 328 g/mol. The van der Waals surface area contributed by atoms with Crippen LogP contribution >= 0.6 is 15.9 Å². The van der Waals surface area contributed by atoms with Crippen LogP contribution in [0.15, 0.2) is 29.1 Å². The SMILES string of the molecule is CCn1cc(Br)cc1C(=O)Nc1nccnc1C(=O)O. The molecule has 0 atom stereocenters. The number of nitrogens with one attached hydrogen (secondary N) is 1. The third-order valence-corrected chi connectivity index (χ3v) is 3.00. The molecule has 7 nitrogen and oxygen atoms in total. The fourth-order valence-electron chi connectivity index (χ4n) is 1.68. The van der Waals surface area contributed by atoms with Gasteiger partial charge in [0.05, 0.1) is 0 Å². The van der Waals surface area contributed by atoms with Gasteiger partial charge in [0, 0.05) is 29.6 Å². The molecule has 0 bridgehead atoms. The van der Waals surface area contributed by atoms with Crippen LogP contribution in [0.2, 0.25) is 0 Å². The molecule has 2 rings (SSSR count). The van der Waals surface area contributed by atoms with Crippen LogP contribution in [0.4, 0.5) is 5.82 Å². The summed E-state index contributed by atoms with van der Waals surface area (Å²) in [5.74, 6) is -1.77. The Hall–Kier alpha value is -2.22. The van der Waals surface area contributed by atoms with E-state index in [0.29, 0.717) is 12.2 Å². The Kier molecular flexibility index (Phi) is 4.14. The Morgan fingerprint density at radius 2 is 2.10 bits per heavy atom. The number of halogens is 1. The maximum absolute atomic E-state index is 12.2. The summed E-state index contributed by atoms with van der Waals surface area (Å²) in [5.41, 5.74) is 0.107. The van der Waals surface area contributed by atoms with Crippen LogP contribution < -0.4 is 5.32 Å². The molecular formula is C12H11BrN4O3. The molecule has 0 radical (unpaired) electrons. The van der Waals surface area contributed by atoms with Crippen LogP contribution in [-0.2, 0) is 6.54 Å². The lowest BCUT2D eigenvalue weighted by atomic mass is 10.3. The number of carboxylic acids is 1. The van der Waals surface area contributed by atoms with Gasteiger partial charge in [0.15, 0.2) is 11.5 Å². The van der Waals surface area contributed by atoms with E-state index in [4.69, 9.17) is 5.11 Å². The van der Waals surface area contributed by atoms with Gasteiger partial charge in [0.1, 0.15) is 5.69 Å². The number of anilines is 1. The van der Waals surface area contributed by atoms with Crippen molar-refractivity contribution in [3.63, 3.8) is 0 Å². The van der Waals surface area contributed by atoms with Crippen molar-refractivity contribution in [2.45, 2.75) is 13.5 Å². The fourth-order valence-corrected chi connectivity index (χ4v) is 2.15. The molecule has 0 aliphatic carbocycles. The van der Waals surface area contributed by atoms with Gasteiger partial charge in [-0.1, -0.05) is 0 Å². The van der Waals surface area contributed by atoms with Gasteiger partial charge in [-0.15, -0.1) is 0 Å².